The van der Waals surface area contributed by atoms with Crippen LogP contribution in [0.25, 0.3) is 0 Å². The van der Waals surface area contributed by atoms with E-state index in [2.05, 4.69) is 51.1 Å². The number of rotatable bonds is 10. The zero-order chi connectivity index (χ0) is 21.3. The fourth-order valence-corrected chi connectivity index (χ4v) is 4.16. The van der Waals surface area contributed by atoms with Gasteiger partial charge >= 0.3 is 8.60 Å². The van der Waals surface area contributed by atoms with Gasteiger partial charge in [-0.25, -0.2) is 0 Å². The van der Waals surface area contributed by atoms with Gasteiger partial charge in [0.25, 0.3) is 0 Å². The molecule has 158 valence electrons. The molecule has 4 heteroatoms. The summed E-state index contributed by atoms with van der Waals surface area (Å²) >= 11 is 0. The van der Waals surface area contributed by atoms with Crippen LogP contribution in [0, 0.1) is 13.8 Å². The van der Waals surface area contributed by atoms with Crippen LogP contribution in [-0.4, -0.2) is 4.89 Å². The minimum absolute atomic E-state index is 0.596. The summed E-state index contributed by atoms with van der Waals surface area (Å²) in [5.41, 5.74) is 6.24. The lowest BCUT2D eigenvalue weighted by Crippen LogP contribution is -2.01. The van der Waals surface area contributed by atoms with Gasteiger partial charge in [-0.15, -0.1) is 0 Å². The Bertz CT molecular complexity index is 940. The maximum Gasteiger partial charge on any atom is 0.460 e. The largest absolute Gasteiger partial charge is 0.460 e. The highest BCUT2D eigenvalue weighted by Gasteiger charge is 2.16. The predicted octanol–water partition coefficient (Wildman–Crippen LogP) is 7.30. The van der Waals surface area contributed by atoms with Crippen LogP contribution in [0.5, 0.6) is 11.5 Å². The molecule has 0 saturated heterocycles. The molecule has 30 heavy (non-hydrogen) atoms. The van der Waals surface area contributed by atoms with E-state index in [1.165, 1.54) is 41.5 Å². The molecule has 0 fully saturated rings. The van der Waals surface area contributed by atoms with Crippen LogP contribution in [0.4, 0.5) is 0 Å². The van der Waals surface area contributed by atoms with Crippen LogP contribution in [-0.2, 0) is 12.8 Å². The van der Waals surface area contributed by atoms with E-state index in [1.54, 1.807) is 0 Å². The van der Waals surface area contributed by atoms with Crippen molar-refractivity contribution < 1.29 is 13.9 Å². The molecule has 3 nitrogen and oxygen atoms in total. The maximum atomic E-state index is 10.4. The molecule has 3 aromatic rings. The summed E-state index contributed by atoms with van der Waals surface area (Å²) in [6.45, 7) is 6.52. The summed E-state index contributed by atoms with van der Waals surface area (Å²) in [5.74, 6) is 1.28. The van der Waals surface area contributed by atoms with E-state index in [-0.39, 0.29) is 0 Å². The molecule has 0 heterocycles. The van der Waals surface area contributed by atoms with Gasteiger partial charge in [-0.2, -0.15) is 0 Å². The molecule has 0 aliphatic heterocycles. The summed E-state index contributed by atoms with van der Waals surface area (Å²) in [5, 5.41) is 0. The number of aryl methyl sites for hydroxylation is 2. The molecule has 0 radical (unpaired) electrons. The van der Waals surface area contributed by atoms with E-state index in [9.17, 15) is 4.89 Å². The van der Waals surface area contributed by atoms with Gasteiger partial charge in [-0.05, 0) is 72.7 Å². The monoisotopic (exact) mass is 422 g/mol. The average molecular weight is 423 g/mol. The number of benzene rings is 3. The third-order valence-corrected chi connectivity index (χ3v) is 6.11. The van der Waals surface area contributed by atoms with E-state index in [4.69, 9.17) is 9.05 Å². The van der Waals surface area contributed by atoms with Gasteiger partial charge in [0, 0.05) is 6.42 Å². The second-order valence-electron chi connectivity index (χ2n) is 7.67. The second kappa shape index (κ2) is 11.2. The fraction of sp³-hybridized carbons (Fsp3) is 0.308. The van der Waals surface area contributed by atoms with E-state index in [0.29, 0.717) is 11.5 Å². The van der Waals surface area contributed by atoms with Gasteiger partial charge in [-0.1, -0.05) is 68.3 Å². The number of hydrogen-bond acceptors (Lipinski definition) is 3. The molecule has 0 spiro atoms. The van der Waals surface area contributed by atoms with Crippen molar-refractivity contribution in [2.75, 3.05) is 0 Å². The van der Waals surface area contributed by atoms with Crippen LogP contribution in [0.1, 0.15) is 54.0 Å². The summed E-state index contributed by atoms with van der Waals surface area (Å²) in [7, 11) is -2.06. The van der Waals surface area contributed by atoms with Gasteiger partial charge in [-0.3, -0.25) is 0 Å². The highest BCUT2D eigenvalue weighted by Crippen LogP contribution is 2.39. The van der Waals surface area contributed by atoms with E-state index < -0.39 is 8.60 Å². The first-order valence-corrected chi connectivity index (χ1v) is 11.8. The van der Waals surface area contributed by atoms with Gasteiger partial charge < -0.3 is 13.9 Å². The van der Waals surface area contributed by atoms with Crippen molar-refractivity contribution in [3.63, 3.8) is 0 Å². The Morgan fingerprint density at radius 2 is 1.63 bits per heavy atom. The Labute approximate surface area is 181 Å². The molecule has 0 aliphatic carbocycles. The first-order valence-electron chi connectivity index (χ1n) is 10.6. The molecule has 3 aromatic carbocycles. The third kappa shape index (κ3) is 6.32. The van der Waals surface area contributed by atoms with Crippen molar-refractivity contribution in [3.05, 3.63) is 94.5 Å². The van der Waals surface area contributed by atoms with Crippen molar-refractivity contribution in [1.29, 1.82) is 0 Å². The van der Waals surface area contributed by atoms with Crippen LogP contribution < -0.4 is 9.05 Å². The lowest BCUT2D eigenvalue weighted by molar-refractivity contribution is 0.380. The second-order valence-corrected chi connectivity index (χ2v) is 8.51. The average Bonchev–Trinajstić information content (AvgIpc) is 2.74. The summed E-state index contributed by atoms with van der Waals surface area (Å²) < 4.78 is 11.4. The standard InChI is InChI=1S/C26H31O3P/c1-4-5-7-12-22-16-17-26(29-30(27)28-25-14-8-6-9-15-25)24(18-22)19-23-13-10-11-20(2)21(23)3/h6,8-11,13-18,27H,4-5,7,12,19H2,1-3H3. The highest BCUT2D eigenvalue weighted by atomic mass is 31.2. The van der Waals surface area contributed by atoms with Crippen molar-refractivity contribution in [1.82, 2.24) is 0 Å². The highest BCUT2D eigenvalue weighted by molar-refractivity contribution is 7.41. The van der Waals surface area contributed by atoms with Crippen molar-refractivity contribution in [2.24, 2.45) is 0 Å². The van der Waals surface area contributed by atoms with Crippen molar-refractivity contribution in [3.8, 4) is 11.5 Å². The van der Waals surface area contributed by atoms with Gasteiger partial charge in [0.1, 0.15) is 11.5 Å². The van der Waals surface area contributed by atoms with Crippen LogP contribution in [0.3, 0.4) is 0 Å². The normalized spacial score (nSPS) is 11.9. The van der Waals surface area contributed by atoms with E-state index >= 15 is 0 Å². The van der Waals surface area contributed by atoms with Gasteiger partial charge in [0.05, 0.1) is 0 Å². The fourth-order valence-electron chi connectivity index (χ4n) is 3.48. The molecule has 0 aliphatic rings. The van der Waals surface area contributed by atoms with Crippen LogP contribution in [0.15, 0.2) is 66.7 Å². The Hall–Kier alpha value is -2.35. The zero-order valence-electron chi connectivity index (χ0n) is 18.1. The number of para-hydroxylation sites is 1. The summed E-state index contributed by atoms with van der Waals surface area (Å²) in [6, 6.07) is 22.0. The molecule has 0 bridgehead atoms. The van der Waals surface area contributed by atoms with E-state index in [1.807, 2.05) is 36.4 Å². The molecule has 1 unspecified atom stereocenters. The number of hydrogen-bond donors (Lipinski definition) is 1. The SMILES string of the molecule is CCCCCc1ccc(OP(O)Oc2ccccc2)c(Cc2cccc(C)c2C)c1. The van der Waals surface area contributed by atoms with E-state index in [0.717, 1.165) is 18.4 Å². The van der Waals surface area contributed by atoms with Crippen molar-refractivity contribution >= 4 is 8.60 Å². The Balaban J connectivity index is 1.82. The molecule has 0 saturated carbocycles. The Kier molecular flexibility index (Phi) is 8.30. The molecule has 0 amide bonds. The molecular weight excluding hydrogens is 391 g/mol. The molecule has 0 aromatic heterocycles. The maximum absolute atomic E-state index is 10.4. The lowest BCUT2D eigenvalue weighted by Gasteiger charge is -2.17. The Morgan fingerprint density at radius 1 is 0.833 bits per heavy atom. The molecule has 1 N–H and O–H groups in total. The topological polar surface area (TPSA) is 38.7 Å². The van der Waals surface area contributed by atoms with Gasteiger partial charge in [0.15, 0.2) is 0 Å². The molecule has 1 atom stereocenters. The summed E-state index contributed by atoms with van der Waals surface area (Å²) in [6.07, 6.45) is 5.45. The van der Waals surface area contributed by atoms with Crippen LogP contribution >= 0.6 is 8.60 Å². The minimum atomic E-state index is -2.06. The van der Waals surface area contributed by atoms with Crippen molar-refractivity contribution in [2.45, 2.75) is 52.9 Å². The third-order valence-electron chi connectivity index (χ3n) is 5.39. The van der Waals surface area contributed by atoms with Crippen LogP contribution in [0.2, 0.25) is 0 Å². The molecule has 3 rings (SSSR count). The molecular formula is C26H31O3P. The first-order chi connectivity index (χ1) is 14.6. The first kappa shape index (κ1) is 22.3. The smallest absolute Gasteiger partial charge is 0.418 e. The van der Waals surface area contributed by atoms with Gasteiger partial charge in [0.2, 0.25) is 0 Å². The number of unbranched alkanes of at least 4 members (excludes halogenated alkanes) is 2. The Morgan fingerprint density at radius 3 is 2.40 bits per heavy atom. The lowest BCUT2D eigenvalue weighted by atomic mass is 9.95. The quantitative estimate of drug-likeness (QED) is 0.275. The minimum Gasteiger partial charge on any atom is -0.418 e. The summed E-state index contributed by atoms with van der Waals surface area (Å²) in [4.78, 5) is 10.4. The zero-order valence-corrected chi connectivity index (χ0v) is 19.0. The predicted molar refractivity (Wildman–Crippen MR) is 125 cm³/mol.